The zero-order chi connectivity index (χ0) is 14.7. The average Bonchev–Trinajstić information content (AvgIpc) is 2.37. The Kier molecular flexibility index (Phi) is 5.03. The molecule has 1 heterocycles. The van der Waals surface area contributed by atoms with Crippen molar-refractivity contribution in [3.8, 4) is 0 Å². The molecule has 3 heteroatoms. The third-order valence-corrected chi connectivity index (χ3v) is 4.23. The van der Waals surface area contributed by atoms with Gasteiger partial charge in [-0.05, 0) is 37.8 Å². The average molecular weight is 278 g/mol. The molecule has 2 unspecified atom stereocenters. The van der Waals surface area contributed by atoms with Crippen LogP contribution in [-0.4, -0.2) is 18.6 Å². The lowest BCUT2D eigenvalue weighted by Gasteiger charge is -2.39. The monoisotopic (exact) mass is 278 g/mol. The second-order valence-corrected chi connectivity index (χ2v) is 6.45. The molecular weight excluding hydrogens is 251 g/mol. The maximum atomic E-state index is 14.2. The quantitative estimate of drug-likeness (QED) is 0.897. The summed E-state index contributed by atoms with van der Waals surface area (Å²) in [7, 11) is 0. The zero-order valence-corrected chi connectivity index (χ0v) is 13.1. The topological polar surface area (TPSA) is 15.3 Å². The highest BCUT2D eigenvalue weighted by Crippen LogP contribution is 2.31. The molecule has 112 valence electrons. The Morgan fingerprint density at radius 1 is 1.35 bits per heavy atom. The number of hydrogen-bond acceptors (Lipinski definition) is 2. The van der Waals surface area contributed by atoms with Crippen molar-refractivity contribution in [3.05, 3.63) is 29.6 Å². The lowest BCUT2D eigenvalue weighted by Crippen LogP contribution is -2.41. The van der Waals surface area contributed by atoms with Crippen molar-refractivity contribution < 1.29 is 4.39 Å². The predicted molar refractivity (Wildman–Crippen MR) is 83.6 cm³/mol. The van der Waals surface area contributed by atoms with Gasteiger partial charge in [0, 0.05) is 36.4 Å². The van der Waals surface area contributed by atoms with Gasteiger partial charge in [-0.1, -0.05) is 26.8 Å². The van der Waals surface area contributed by atoms with Crippen LogP contribution in [0.5, 0.6) is 0 Å². The molecule has 1 aromatic rings. The number of nitrogens with one attached hydrogen (secondary N) is 1. The number of benzene rings is 1. The maximum Gasteiger partial charge on any atom is 0.129 e. The van der Waals surface area contributed by atoms with Crippen LogP contribution in [0.3, 0.4) is 0 Å². The first-order valence-electron chi connectivity index (χ1n) is 7.76. The van der Waals surface area contributed by atoms with Gasteiger partial charge < -0.3 is 10.2 Å². The number of nitrogens with zero attached hydrogens (tertiary/aromatic N) is 1. The standard InChI is InChI=1S/C17H27FN2/c1-12(2)19-11-15-16(18)6-5-7-17(15)20-9-8-13(3)10-14(20)4/h5-7,12-14,19H,8-11H2,1-4H3. The van der Waals surface area contributed by atoms with Gasteiger partial charge >= 0.3 is 0 Å². The molecule has 0 bridgehead atoms. The van der Waals surface area contributed by atoms with Crippen molar-refractivity contribution in [1.82, 2.24) is 5.32 Å². The Bertz CT molecular complexity index is 445. The Morgan fingerprint density at radius 3 is 2.75 bits per heavy atom. The fraction of sp³-hybridized carbons (Fsp3) is 0.647. The van der Waals surface area contributed by atoms with Gasteiger partial charge in [-0.25, -0.2) is 4.39 Å². The van der Waals surface area contributed by atoms with E-state index in [0.717, 1.165) is 23.7 Å². The van der Waals surface area contributed by atoms with Crippen LogP contribution < -0.4 is 10.2 Å². The van der Waals surface area contributed by atoms with E-state index in [9.17, 15) is 4.39 Å². The van der Waals surface area contributed by atoms with Crippen LogP contribution in [0.25, 0.3) is 0 Å². The molecule has 0 spiro atoms. The summed E-state index contributed by atoms with van der Waals surface area (Å²) in [6.07, 6.45) is 2.38. The molecule has 0 aliphatic carbocycles. The number of halogens is 1. The van der Waals surface area contributed by atoms with E-state index in [0.29, 0.717) is 18.6 Å². The van der Waals surface area contributed by atoms with Crippen molar-refractivity contribution in [2.45, 2.75) is 59.2 Å². The van der Waals surface area contributed by atoms with Gasteiger partial charge in [-0.2, -0.15) is 0 Å². The Balaban J connectivity index is 2.24. The molecule has 0 aromatic heterocycles. The summed E-state index contributed by atoms with van der Waals surface area (Å²) in [4.78, 5) is 2.38. The van der Waals surface area contributed by atoms with Crippen molar-refractivity contribution in [3.63, 3.8) is 0 Å². The number of anilines is 1. The van der Waals surface area contributed by atoms with Crippen molar-refractivity contribution in [2.75, 3.05) is 11.4 Å². The SMILES string of the molecule is CC1CCN(c2cccc(F)c2CNC(C)C)C(C)C1. The highest BCUT2D eigenvalue weighted by Gasteiger charge is 2.25. The van der Waals surface area contributed by atoms with Gasteiger partial charge in [0.25, 0.3) is 0 Å². The summed E-state index contributed by atoms with van der Waals surface area (Å²) in [5.74, 6) is 0.675. The van der Waals surface area contributed by atoms with Crippen molar-refractivity contribution in [1.29, 1.82) is 0 Å². The Hall–Kier alpha value is -1.09. The van der Waals surface area contributed by atoms with Gasteiger partial charge in [0.05, 0.1) is 0 Å². The lowest BCUT2D eigenvalue weighted by molar-refractivity contribution is 0.376. The Morgan fingerprint density at radius 2 is 2.10 bits per heavy atom. The third kappa shape index (κ3) is 3.51. The van der Waals surface area contributed by atoms with Gasteiger partial charge in [0.1, 0.15) is 5.82 Å². The minimum atomic E-state index is -0.0959. The minimum Gasteiger partial charge on any atom is -0.368 e. The van der Waals surface area contributed by atoms with Crippen LogP contribution in [0.2, 0.25) is 0 Å². The Labute approximate surface area is 122 Å². The van der Waals surface area contributed by atoms with Crippen LogP contribution >= 0.6 is 0 Å². The lowest BCUT2D eigenvalue weighted by atomic mass is 9.92. The molecule has 1 aliphatic rings. The number of rotatable bonds is 4. The first-order valence-corrected chi connectivity index (χ1v) is 7.76. The first kappa shape index (κ1) is 15.3. The highest BCUT2D eigenvalue weighted by molar-refractivity contribution is 5.55. The second-order valence-electron chi connectivity index (χ2n) is 6.45. The molecular formula is C17H27FN2. The van der Waals surface area contributed by atoms with Crippen LogP contribution in [0.1, 0.15) is 46.1 Å². The summed E-state index contributed by atoms with van der Waals surface area (Å²) in [6, 6.07) is 6.30. The molecule has 1 N–H and O–H groups in total. The summed E-state index contributed by atoms with van der Waals surface area (Å²) in [5.41, 5.74) is 1.88. The molecule has 0 saturated carbocycles. The molecule has 0 radical (unpaired) electrons. The van der Waals surface area contributed by atoms with E-state index in [-0.39, 0.29) is 5.82 Å². The van der Waals surface area contributed by atoms with E-state index in [2.05, 4.69) is 44.0 Å². The molecule has 1 saturated heterocycles. The zero-order valence-electron chi connectivity index (χ0n) is 13.1. The van der Waals surface area contributed by atoms with E-state index in [1.54, 1.807) is 6.07 Å². The normalized spacial score (nSPS) is 23.4. The number of hydrogen-bond donors (Lipinski definition) is 1. The fourth-order valence-electron chi connectivity index (χ4n) is 3.06. The maximum absolute atomic E-state index is 14.2. The van der Waals surface area contributed by atoms with Gasteiger partial charge in [0.2, 0.25) is 0 Å². The summed E-state index contributed by atoms with van der Waals surface area (Å²) in [6.45, 7) is 10.4. The van der Waals surface area contributed by atoms with Crippen LogP contribution in [0.15, 0.2) is 18.2 Å². The molecule has 1 aromatic carbocycles. The van der Waals surface area contributed by atoms with E-state index in [1.165, 1.54) is 12.8 Å². The van der Waals surface area contributed by atoms with Gasteiger partial charge in [-0.15, -0.1) is 0 Å². The minimum absolute atomic E-state index is 0.0959. The molecule has 0 amide bonds. The van der Waals surface area contributed by atoms with Gasteiger partial charge in [0.15, 0.2) is 0 Å². The van der Waals surface area contributed by atoms with E-state index in [1.807, 2.05) is 6.07 Å². The van der Waals surface area contributed by atoms with Crippen LogP contribution in [0, 0.1) is 11.7 Å². The third-order valence-electron chi connectivity index (χ3n) is 4.23. The van der Waals surface area contributed by atoms with E-state index in [4.69, 9.17) is 0 Å². The van der Waals surface area contributed by atoms with E-state index < -0.39 is 0 Å². The molecule has 1 aliphatic heterocycles. The predicted octanol–water partition coefficient (Wildman–Crippen LogP) is 3.95. The summed E-state index contributed by atoms with van der Waals surface area (Å²) >= 11 is 0. The molecule has 1 fully saturated rings. The summed E-state index contributed by atoms with van der Waals surface area (Å²) < 4.78 is 14.2. The van der Waals surface area contributed by atoms with Crippen molar-refractivity contribution >= 4 is 5.69 Å². The largest absolute Gasteiger partial charge is 0.368 e. The number of piperidine rings is 1. The van der Waals surface area contributed by atoms with Gasteiger partial charge in [-0.3, -0.25) is 0 Å². The van der Waals surface area contributed by atoms with E-state index >= 15 is 0 Å². The van der Waals surface area contributed by atoms with Crippen molar-refractivity contribution in [2.24, 2.45) is 5.92 Å². The van der Waals surface area contributed by atoms with Crippen LogP contribution in [0.4, 0.5) is 10.1 Å². The summed E-state index contributed by atoms with van der Waals surface area (Å²) in [5, 5.41) is 3.34. The smallest absolute Gasteiger partial charge is 0.129 e. The molecule has 2 atom stereocenters. The first-order chi connectivity index (χ1) is 9.49. The second kappa shape index (κ2) is 6.57. The molecule has 20 heavy (non-hydrogen) atoms. The molecule has 2 nitrogen and oxygen atoms in total. The highest BCUT2D eigenvalue weighted by atomic mass is 19.1. The fourth-order valence-corrected chi connectivity index (χ4v) is 3.06. The molecule has 2 rings (SSSR count). The van der Waals surface area contributed by atoms with Crippen LogP contribution in [-0.2, 0) is 6.54 Å².